The summed E-state index contributed by atoms with van der Waals surface area (Å²) in [6.45, 7) is 5.23. The second-order valence-electron chi connectivity index (χ2n) is 9.18. The fourth-order valence-corrected chi connectivity index (χ4v) is 5.21. The number of aryl methyl sites for hydroxylation is 1. The Hall–Kier alpha value is -2.19. The van der Waals surface area contributed by atoms with Gasteiger partial charge in [-0.15, -0.1) is 10.2 Å². The third kappa shape index (κ3) is 4.85. The Bertz CT molecular complexity index is 851. The van der Waals surface area contributed by atoms with Crippen LogP contribution in [0.1, 0.15) is 61.9 Å². The first-order valence-corrected chi connectivity index (χ1v) is 11.8. The van der Waals surface area contributed by atoms with Gasteiger partial charge in [0, 0.05) is 44.1 Å². The van der Waals surface area contributed by atoms with Crippen molar-refractivity contribution in [3.8, 4) is 0 Å². The van der Waals surface area contributed by atoms with E-state index in [1.807, 2.05) is 12.1 Å². The lowest BCUT2D eigenvalue weighted by atomic mass is 9.95. The quantitative estimate of drug-likeness (QED) is 0.789. The predicted molar refractivity (Wildman–Crippen MR) is 114 cm³/mol. The minimum Gasteiger partial charge on any atom is -0.468 e. The number of furan rings is 1. The van der Waals surface area contributed by atoms with Gasteiger partial charge in [0.2, 0.25) is 5.91 Å². The van der Waals surface area contributed by atoms with Crippen molar-refractivity contribution in [3.63, 3.8) is 0 Å². The monoisotopic (exact) mass is 427 g/mol. The number of carbonyl (C=O) groups is 1. The van der Waals surface area contributed by atoms with E-state index in [-0.39, 0.29) is 17.9 Å². The van der Waals surface area contributed by atoms with Crippen molar-refractivity contribution in [2.24, 2.45) is 5.92 Å². The van der Waals surface area contributed by atoms with E-state index in [9.17, 15) is 4.79 Å². The molecular weight excluding hydrogens is 394 g/mol. The van der Waals surface area contributed by atoms with Gasteiger partial charge in [-0.3, -0.25) is 9.69 Å². The Morgan fingerprint density at radius 1 is 1.06 bits per heavy atom. The van der Waals surface area contributed by atoms with Crippen molar-refractivity contribution in [2.45, 2.75) is 70.0 Å². The van der Waals surface area contributed by atoms with E-state index < -0.39 is 0 Å². The third-order valence-electron chi connectivity index (χ3n) is 7.12. The molecule has 3 aliphatic rings. The average Bonchev–Trinajstić information content (AvgIpc) is 3.42. The largest absolute Gasteiger partial charge is 0.468 e. The van der Waals surface area contributed by atoms with Crippen molar-refractivity contribution in [3.05, 3.63) is 35.8 Å². The van der Waals surface area contributed by atoms with Crippen LogP contribution in [0.2, 0.25) is 0 Å². The molecule has 8 heteroatoms. The second kappa shape index (κ2) is 9.53. The molecule has 0 saturated carbocycles. The van der Waals surface area contributed by atoms with Gasteiger partial charge in [0.15, 0.2) is 0 Å². The molecule has 1 atom stereocenters. The molecule has 168 valence electrons. The second-order valence-corrected chi connectivity index (χ2v) is 9.18. The van der Waals surface area contributed by atoms with E-state index in [1.54, 1.807) is 6.26 Å². The van der Waals surface area contributed by atoms with Crippen molar-refractivity contribution in [1.29, 1.82) is 0 Å². The summed E-state index contributed by atoms with van der Waals surface area (Å²) in [6, 6.07) is 4.16. The Kier molecular flexibility index (Phi) is 6.36. The highest BCUT2D eigenvalue weighted by Gasteiger charge is 2.29. The molecule has 1 amide bonds. The Morgan fingerprint density at radius 2 is 1.90 bits per heavy atom. The molecule has 0 radical (unpaired) electrons. The summed E-state index contributed by atoms with van der Waals surface area (Å²) in [7, 11) is 0. The number of nitrogens with one attached hydrogen (secondary N) is 1. The number of rotatable bonds is 5. The van der Waals surface area contributed by atoms with Crippen LogP contribution in [0.3, 0.4) is 0 Å². The molecule has 2 saturated heterocycles. The number of piperidine rings is 1. The van der Waals surface area contributed by atoms with Crippen LogP contribution < -0.4 is 5.32 Å². The third-order valence-corrected chi connectivity index (χ3v) is 7.12. The maximum absolute atomic E-state index is 12.9. The molecule has 0 spiro atoms. The maximum atomic E-state index is 12.9. The zero-order valence-electron chi connectivity index (χ0n) is 18.2. The van der Waals surface area contributed by atoms with Crippen LogP contribution in [0.15, 0.2) is 22.8 Å². The molecule has 0 bridgehead atoms. The van der Waals surface area contributed by atoms with Gasteiger partial charge in [-0.1, -0.05) is 0 Å². The van der Waals surface area contributed by atoms with Crippen LogP contribution in [0, 0.1) is 5.92 Å². The van der Waals surface area contributed by atoms with Crippen LogP contribution in [0.25, 0.3) is 0 Å². The van der Waals surface area contributed by atoms with Crippen LogP contribution in [0.5, 0.6) is 0 Å². The standard InChI is InChI=1S/C23H33N5O3/c29-23(18-5-10-27(11-6-18)16-20-2-1-13-31-20)24-19-3-4-21-25-26-22(28(21)12-7-19)17-8-14-30-15-9-17/h1-2,13,17-19H,3-12,14-16H2,(H,24,29). The van der Waals surface area contributed by atoms with Crippen molar-refractivity contribution < 1.29 is 13.9 Å². The molecule has 0 aromatic carbocycles. The van der Waals surface area contributed by atoms with E-state index in [1.165, 1.54) is 0 Å². The van der Waals surface area contributed by atoms with Gasteiger partial charge < -0.3 is 19.0 Å². The number of carbonyl (C=O) groups excluding carboxylic acids is 1. The molecule has 5 heterocycles. The first kappa shape index (κ1) is 20.7. The topological polar surface area (TPSA) is 85.4 Å². The smallest absolute Gasteiger partial charge is 0.223 e. The highest BCUT2D eigenvalue weighted by Crippen LogP contribution is 2.28. The van der Waals surface area contributed by atoms with Gasteiger partial charge in [0.1, 0.15) is 17.4 Å². The summed E-state index contributed by atoms with van der Waals surface area (Å²) in [5.41, 5.74) is 0. The van der Waals surface area contributed by atoms with Crippen LogP contribution in [-0.2, 0) is 29.0 Å². The Balaban J connectivity index is 1.11. The van der Waals surface area contributed by atoms with Gasteiger partial charge in [-0.25, -0.2) is 0 Å². The number of likely N-dealkylation sites (tertiary alicyclic amines) is 1. The molecule has 31 heavy (non-hydrogen) atoms. The summed E-state index contributed by atoms with van der Waals surface area (Å²) in [6.07, 6.45) is 8.37. The summed E-state index contributed by atoms with van der Waals surface area (Å²) < 4.78 is 13.3. The van der Waals surface area contributed by atoms with Gasteiger partial charge in [-0.2, -0.15) is 0 Å². The lowest BCUT2D eigenvalue weighted by molar-refractivity contribution is -0.127. The minimum atomic E-state index is 0.118. The van der Waals surface area contributed by atoms with Crippen LogP contribution in [-0.4, -0.2) is 57.9 Å². The summed E-state index contributed by atoms with van der Waals surface area (Å²) >= 11 is 0. The van der Waals surface area contributed by atoms with E-state index >= 15 is 0 Å². The van der Waals surface area contributed by atoms with Gasteiger partial charge in [0.05, 0.1) is 12.8 Å². The highest BCUT2D eigenvalue weighted by atomic mass is 16.5. The molecule has 8 nitrogen and oxygen atoms in total. The lowest BCUT2D eigenvalue weighted by Crippen LogP contribution is -2.43. The highest BCUT2D eigenvalue weighted by molar-refractivity contribution is 5.79. The van der Waals surface area contributed by atoms with Gasteiger partial charge in [0.25, 0.3) is 0 Å². The molecule has 2 aromatic rings. The number of aromatic nitrogens is 3. The summed E-state index contributed by atoms with van der Waals surface area (Å²) in [5.74, 6) is 3.98. The average molecular weight is 428 g/mol. The summed E-state index contributed by atoms with van der Waals surface area (Å²) in [5, 5.41) is 12.4. The van der Waals surface area contributed by atoms with Crippen LogP contribution in [0.4, 0.5) is 0 Å². The molecule has 2 fully saturated rings. The molecule has 1 N–H and O–H groups in total. The fraction of sp³-hybridized carbons (Fsp3) is 0.696. The lowest BCUT2D eigenvalue weighted by Gasteiger charge is -2.31. The zero-order valence-corrected chi connectivity index (χ0v) is 18.2. The van der Waals surface area contributed by atoms with E-state index in [0.29, 0.717) is 5.92 Å². The minimum absolute atomic E-state index is 0.118. The summed E-state index contributed by atoms with van der Waals surface area (Å²) in [4.78, 5) is 15.3. The van der Waals surface area contributed by atoms with Crippen LogP contribution >= 0.6 is 0 Å². The van der Waals surface area contributed by atoms with E-state index in [2.05, 4.69) is 25.0 Å². The first-order valence-electron chi connectivity index (χ1n) is 11.8. The molecule has 1 unspecified atom stereocenters. The van der Waals surface area contributed by atoms with Crippen molar-refractivity contribution in [1.82, 2.24) is 25.0 Å². The Labute approximate surface area is 183 Å². The molecule has 2 aromatic heterocycles. The van der Waals surface area contributed by atoms with Gasteiger partial charge >= 0.3 is 0 Å². The normalized spacial score (nSPS) is 23.9. The number of nitrogens with zero attached hydrogens (tertiary/aromatic N) is 4. The number of fused-ring (bicyclic) bond motifs is 1. The predicted octanol–water partition coefficient (Wildman–Crippen LogP) is 2.50. The maximum Gasteiger partial charge on any atom is 0.223 e. The molecular formula is C23H33N5O3. The first-order chi connectivity index (χ1) is 15.3. The number of amides is 1. The Morgan fingerprint density at radius 3 is 2.68 bits per heavy atom. The number of ether oxygens (including phenoxy) is 1. The van der Waals surface area contributed by atoms with E-state index in [0.717, 1.165) is 102 Å². The van der Waals surface area contributed by atoms with Crippen molar-refractivity contribution >= 4 is 5.91 Å². The molecule has 0 aliphatic carbocycles. The molecule has 5 rings (SSSR count). The van der Waals surface area contributed by atoms with Crippen molar-refractivity contribution in [2.75, 3.05) is 26.3 Å². The fourth-order valence-electron chi connectivity index (χ4n) is 5.21. The SMILES string of the molecule is O=C(NC1CCc2nnc(C3CCOCC3)n2CC1)C1CCN(Cc2ccco2)CC1. The molecule has 3 aliphatic heterocycles. The van der Waals surface area contributed by atoms with Gasteiger partial charge in [-0.05, 0) is 63.7 Å². The van der Waals surface area contributed by atoms with E-state index in [4.69, 9.17) is 9.15 Å². The number of hydrogen-bond donors (Lipinski definition) is 1. The zero-order chi connectivity index (χ0) is 21.0. The number of hydrogen-bond acceptors (Lipinski definition) is 6.